The van der Waals surface area contributed by atoms with Gasteiger partial charge in [-0.15, -0.1) is 0 Å². The minimum absolute atomic E-state index is 0.0861. The smallest absolute Gasteiger partial charge is 0.338 e. The molecule has 1 N–H and O–H groups in total. The maximum absolute atomic E-state index is 13.2. The van der Waals surface area contributed by atoms with E-state index in [4.69, 9.17) is 9.47 Å². The zero-order valence-electron chi connectivity index (χ0n) is 22.0. The van der Waals surface area contributed by atoms with Crippen LogP contribution in [0.1, 0.15) is 47.9 Å². The van der Waals surface area contributed by atoms with E-state index in [1.54, 1.807) is 24.3 Å². The van der Waals surface area contributed by atoms with Gasteiger partial charge in [-0.25, -0.2) is 14.5 Å². The summed E-state index contributed by atoms with van der Waals surface area (Å²) in [5.74, 6) is -2.50. The second kappa shape index (κ2) is 10.5. The number of amides is 3. The van der Waals surface area contributed by atoms with Gasteiger partial charge in [0.2, 0.25) is 11.8 Å². The molecule has 1 aliphatic heterocycles. The van der Waals surface area contributed by atoms with Crippen LogP contribution in [0.25, 0.3) is 0 Å². The van der Waals surface area contributed by atoms with E-state index in [1.165, 1.54) is 34.7 Å². The third-order valence-electron chi connectivity index (χ3n) is 7.51. The van der Waals surface area contributed by atoms with Crippen LogP contribution < -0.4 is 10.2 Å². The van der Waals surface area contributed by atoms with E-state index < -0.39 is 24.5 Å². The second-order valence-electron chi connectivity index (χ2n) is 10.7. The molecular formula is C30H30N2O7. The molecule has 0 unspecified atom stereocenters. The predicted molar refractivity (Wildman–Crippen MR) is 142 cm³/mol. The molecule has 39 heavy (non-hydrogen) atoms. The van der Waals surface area contributed by atoms with E-state index in [0.29, 0.717) is 23.5 Å². The quantitative estimate of drug-likeness (QED) is 0.311. The van der Waals surface area contributed by atoms with Crippen molar-refractivity contribution >= 4 is 41.0 Å². The number of fused-ring (bicyclic) bond motifs is 5. The summed E-state index contributed by atoms with van der Waals surface area (Å²) in [6.07, 6.45) is 2.95. The molecule has 1 heterocycles. The number of hydrogen-bond donors (Lipinski definition) is 1. The van der Waals surface area contributed by atoms with Gasteiger partial charge in [-0.1, -0.05) is 31.6 Å². The largest absolute Gasteiger partial charge is 0.462 e. The Hall–Kier alpha value is -4.27. The molecule has 3 amide bonds. The minimum atomic E-state index is -0.757. The number of anilines is 2. The molecule has 0 aromatic heterocycles. The SMILES string of the molecule is CC1=C[C@H]2C[C@H]1[C@@H]1C(=O)N(c3cccc(C(=O)OCC(=O)Nc4ccc(C(=O)OCC(C)C)cc4)c3)C(=O)[C@@H]12. The summed E-state index contributed by atoms with van der Waals surface area (Å²) in [6.45, 7) is 5.66. The number of ether oxygens (including phenoxy) is 2. The Labute approximate surface area is 226 Å². The van der Waals surface area contributed by atoms with Gasteiger partial charge in [-0.05, 0) is 73.6 Å². The van der Waals surface area contributed by atoms with Crippen molar-refractivity contribution in [3.8, 4) is 0 Å². The third kappa shape index (κ3) is 5.08. The van der Waals surface area contributed by atoms with Crippen molar-refractivity contribution < 1.29 is 33.4 Å². The van der Waals surface area contributed by atoms with Crippen LogP contribution >= 0.6 is 0 Å². The van der Waals surface area contributed by atoms with Crippen LogP contribution in [0.3, 0.4) is 0 Å². The van der Waals surface area contributed by atoms with E-state index in [0.717, 1.165) is 6.42 Å². The molecule has 1 saturated carbocycles. The molecular weight excluding hydrogens is 500 g/mol. The molecule has 2 fully saturated rings. The maximum atomic E-state index is 13.2. The molecule has 2 aromatic carbocycles. The van der Waals surface area contributed by atoms with E-state index in [1.807, 2.05) is 20.8 Å². The highest BCUT2D eigenvalue weighted by atomic mass is 16.5. The molecule has 2 aromatic rings. The summed E-state index contributed by atoms with van der Waals surface area (Å²) in [5, 5.41) is 2.60. The number of carbonyl (C=O) groups excluding carboxylic acids is 5. The van der Waals surface area contributed by atoms with Crippen LogP contribution in [0.4, 0.5) is 11.4 Å². The van der Waals surface area contributed by atoms with Crippen molar-refractivity contribution in [3.63, 3.8) is 0 Å². The van der Waals surface area contributed by atoms with Crippen molar-refractivity contribution in [2.24, 2.45) is 29.6 Å². The lowest BCUT2D eigenvalue weighted by Gasteiger charge is -2.19. The van der Waals surface area contributed by atoms with Gasteiger partial charge >= 0.3 is 11.9 Å². The van der Waals surface area contributed by atoms with Gasteiger partial charge in [0.05, 0.1) is 35.3 Å². The van der Waals surface area contributed by atoms with Crippen LogP contribution in [0.5, 0.6) is 0 Å². The van der Waals surface area contributed by atoms with Gasteiger partial charge in [0, 0.05) is 5.69 Å². The Bertz CT molecular complexity index is 1380. The van der Waals surface area contributed by atoms with E-state index in [2.05, 4.69) is 11.4 Å². The number of carbonyl (C=O) groups is 5. The standard InChI is InChI=1S/C30H30N2O7/c1-16(2)14-38-29(36)18-7-9-21(10-8-18)31-24(33)15-39-30(37)19-5-4-6-22(12-19)32-27(34)25-20-11-17(3)23(13-20)26(25)28(32)35/h4-12,16,20,23,25-26H,13-15H2,1-3H3,(H,31,33)/t20-,23+,25+,26-/m0/s1. The Morgan fingerprint density at radius 2 is 1.64 bits per heavy atom. The van der Waals surface area contributed by atoms with Crippen LogP contribution in [-0.2, 0) is 23.9 Å². The maximum Gasteiger partial charge on any atom is 0.338 e. The summed E-state index contributed by atoms with van der Waals surface area (Å²) >= 11 is 0. The van der Waals surface area contributed by atoms with E-state index in [-0.39, 0.29) is 47.0 Å². The first kappa shape index (κ1) is 26.3. The summed E-state index contributed by atoms with van der Waals surface area (Å²) in [6, 6.07) is 12.3. The van der Waals surface area contributed by atoms with Gasteiger partial charge in [-0.3, -0.25) is 14.4 Å². The van der Waals surface area contributed by atoms with Gasteiger partial charge < -0.3 is 14.8 Å². The minimum Gasteiger partial charge on any atom is -0.462 e. The van der Waals surface area contributed by atoms with Crippen molar-refractivity contribution in [1.82, 2.24) is 0 Å². The van der Waals surface area contributed by atoms with Crippen molar-refractivity contribution in [1.29, 1.82) is 0 Å². The summed E-state index contributed by atoms with van der Waals surface area (Å²) in [4.78, 5) is 64.6. The molecule has 2 bridgehead atoms. The number of esters is 2. The van der Waals surface area contributed by atoms with Crippen molar-refractivity contribution in [2.75, 3.05) is 23.4 Å². The number of nitrogens with one attached hydrogen (secondary N) is 1. The summed E-state index contributed by atoms with van der Waals surface area (Å²) in [7, 11) is 0. The predicted octanol–water partition coefficient (Wildman–Crippen LogP) is 4.00. The Morgan fingerprint density at radius 1 is 0.949 bits per heavy atom. The molecule has 0 radical (unpaired) electrons. The second-order valence-corrected chi connectivity index (χ2v) is 10.7. The van der Waals surface area contributed by atoms with Crippen molar-refractivity contribution in [3.05, 3.63) is 71.3 Å². The normalized spacial score (nSPS) is 23.1. The lowest BCUT2D eigenvalue weighted by molar-refractivity contribution is -0.123. The van der Waals surface area contributed by atoms with Crippen molar-refractivity contribution in [2.45, 2.75) is 27.2 Å². The molecule has 9 nitrogen and oxygen atoms in total. The number of imide groups is 1. The molecule has 4 atom stereocenters. The fourth-order valence-corrected chi connectivity index (χ4v) is 5.73. The highest BCUT2D eigenvalue weighted by molar-refractivity contribution is 6.23. The van der Waals surface area contributed by atoms with Gasteiger partial charge in [0.15, 0.2) is 6.61 Å². The lowest BCUT2D eigenvalue weighted by atomic mass is 9.82. The van der Waals surface area contributed by atoms with Crippen LogP contribution in [-0.4, -0.2) is 42.9 Å². The first-order valence-corrected chi connectivity index (χ1v) is 13.0. The third-order valence-corrected chi connectivity index (χ3v) is 7.51. The van der Waals surface area contributed by atoms with Crippen LogP contribution in [0.15, 0.2) is 60.2 Å². The molecule has 5 rings (SSSR count). The van der Waals surface area contributed by atoms with Crippen LogP contribution in [0, 0.1) is 29.6 Å². The fraction of sp³-hybridized carbons (Fsp3) is 0.367. The Morgan fingerprint density at radius 3 is 2.36 bits per heavy atom. The fourth-order valence-electron chi connectivity index (χ4n) is 5.73. The first-order chi connectivity index (χ1) is 18.6. The number of allylic oxidation sites excluding steroid dienone is 2. The molecule has 1 saturated heterocycles. The van der Waals surface area contributed by atoms with Gasteiger partial charge in [0.1, 0.15) is 0 Å². The highest BCUT2D eigenvalue weighted by Crippen LogP contribution is 2.55. The van der Waals surface area contributed by atoms with Gasteiger partial charge in [0.25, 0.3) is 5.91 Å². The Balaban J connectivity index is 1.16. The highest BCUT2D eigenvalue weighted by Gasteiger charge is 2.60. The van der Waals surface area contributed by atoms with Crippen LogP contribution in [0.2, 0.25) is 0 Å². The zero-order chi connectivity index (χ0) is 27.8. The van der Waals surface area contributed by atoms with Gasteiger partial charge in [-0.2, -0.15) is 0 Å². The number of hydrogen-bond acceptors (Lipinski definition) is 7. The lowest BCUT2D eigenvalue weighted by Crippen LogP contribution is -2.33. The van der Waals surface area contributed by atoms with E-state index >= 15 is 0 Å². The summed E-state index contributed by atoms with van der Waals surface area (Å²) in [5.41, 5.74) is 2.40. The topological polar surface area (TPSA) is 119 Å². The summed E-state index contributed by atoms with van der Waals surface area (Å²) < 4.78 is 10.3. The number of benzene rings is 2. The number of nitrogens with zero attached hydrogens (tertiary/aromatic N) is 1. The zero-order valence-corrected chi connectivity index (χ0v) is 22.0. The molecule has 9 heteroatoms. The average molecular weight is 531 g/mol. The average Bonchev–Trinajstić information content (AvgIpc) is 3.56. The molecule has 2 aliphatic carbocycles. The Kier molecular flexibility index (Phi) is 7.08. The monoisotopic (exact) mass is 530 g/mol. The first-order valence-electron chi connectivity index (χ1n) is 13.0. The van der Waals surface area contributed by atoms with E-state index in [9.17, 15) is 24.0 Å². The molecule has 3 aliphatic rings. The molecule has 202 valence electrons. The molecule has 0 spiro atoms. The number of rotatable bonds is 8.